The van der Waals surface area contributed by atoms with Crippen molar-refractivity contribution < 1.29 is 22.7 Å². The van der Waals surface area contributed by atoms with Crippen LogP contribution in [-0.2, 0) is 16.4 Å². The van der Waals surface area contributed by atoms with Gasteiger partial charge >= 0.3 is 0 Å². The largest absolute Gasteiger partial charge is 0.497 e. The molecule has 0 aliphatic carbocycles. The van der Waals surface area contributed by atoms with Crippen LogP contribution >= 0.6 is 11.3 Å². The Morgan fingerprint density at radius 3 is 2.75 bits per heavy atom. The van der Waals surface area contributed by atoms with Gasteiger partial charge in [-0.15, -0.1) is 11.3 Å². The molecule has 0 radical (unpaired) electrons. The fourth-order valence-corrected chi connectivity index (χ4v) is 4.36. The van der Waals surface area contributed by atoms with Crippen molar-refractivity contribution in [3.63, 3.8) is 0 Å². The maximum Gasteiger partial charge on any atom is 0.264 e. The van der Waals surface area contributed by atoms with Crippen LogP contribution in [0.4, 0.5) is 0 Å². The summed E-state index contributed by atoms with van der Waals surface area (Å²) in [5.74, 6) is 1.23. The number of hydrogen-bond acceptors (Lipinski definition) is 6. The Morgan fingerprint density at radius 2 is 2.08 bits per heavy atom. The average molecular weight is 367 g/mol. The van der Waals surface area contributed by atoms with Crippen LogP contribution in [0.5, 0.6) is 11.5 Å². The summed E-state index contributed by atoms with van der Waals surface area (Å²) >= 11 is 0.993. The van der Waals surface area contributed by atoms with Crippen LogP contribution in [0.2, 0.25) is 0 Å². The standard InChI is InChI=1S/C16H17NO5S2/c1-21-12-3-4-13-11(9-12)10-17(7-8-22-13)16(18)14-5-6-15(23-14)24(2,19)20/h3-6,9H,7-8,10H2,1-2H3. The van der Waals surface area contributed by atoms with E-state index in [-0.39, 0.29) is 10.1 Å². The van der Waals surface area contributed by atoms with Gasteiger partial charge in [0.05, 0.1) is 18.5 Å². The highest BCUT2D eigenvalue weighted by molar-refractivity contribution is 7.92. The molecule has 1 aliphatic heterocycles. The molecule has 0 spiro atoms. The number of thiophene rings is 1. The molecule has 6 nitrogen and oxygen atoms in total. The van der Waals surface area contributed by atoms with Crippen LogP contribution in [0.3, 0.4) is 0 Å². The summed E-state index contributed by atoms with van der Waals surface area (Å²) in [7, 11) is -1.72. The van der Waals surface area contributed by atoms with E-state index in [2.05, 4.69) is 0 Å². The van der Waals surface area contributed by atoms with Gasteiger partial charge in [0.2, 0.25) is 0 Å². The molecular weight excluding hydrogens is 350 g/mol. The minimum Gasteiger partial charge on any atom is -0.497 e. The van der Waals surface area contributed by atoms with E-state index in [1.165, 1.54) is 6.07 Å². The first-order chi connectivity index (χ1) is 11.4. The molecule has 0 saturated heterocycles. The maximum absolute atomic E-state index is 12.7. The third-order valence-electron chi connectivity index (χ3n) is 3.69. The minimum absolute atomic E-state index is 0.194. The molecule has 8 heteroatoms. The molecule has 128 valence electrons. The molecule has 24 heavy (non-hydrogen) atoms. The summed E-state index contributed by atoms with van der Waals surface area (Å²) in [5.41, 5.74) is 0.861. The number of amides is 1. The van der Waals surface area contributed by atoms with Crippen LogP contribution in [0, 0.1) is 0 Å². The van der Waals surface area contributed by atoms with Gasteiger partial charge in [0.1, 0.15) is 22.3 Å². The molecule has 1 aliphatic rings. The number of benzene rings is 1. The predicted octanol–water partition coefficient (Wildman–Crippen LogP) is 2.20. The molecule has 3 rings (SSSR count). The number of hydrogen-bond donors (Lipinski definition) is 0. The van der Waals surface area contributed by atoms with Crippen molar-refractivity contribution in [1.29, 1.82) is 0 Å². The molecule has 2 aromatic rings. The molecule has 0 fully saturated rings. The second kappa shape index (κ2) is 6.45. The van der Waals surface area contributed by atoms with Gasteiger partial charge in [-0.05, 0) is 30.3 Å². The van der Waals surface area contributed by atoms with E-state index in [0.29, 0.717) is 30.3 Å². The summed E-state index contributed by atoms with van der Waals surface area (Å²) in [6.07, 6.45) is 1.13. The monoisotopic (exact) mass is 367 g/mol. The molecule has 1 aromatic heterocycles. The van der Waals surface area contributed by atoms with E-state index < -0.39 is 9.84 Å². The number of methoxy groups -OCH3 is 1. The van der Waals surface area contributed by atoms with Gasteiger partial charge in [-0.2, -0.15) is 0 Å². The Kier molecular flexibility index (Phi) is 4.51. The van der Waals surface area contributed by atoms with E-state index in [1.54, 1.807) is 18.1 Å². The van der Waals surface area contributed by atoms with Crippen molar-refractivity contribution in [2.45, 2.75) is 10.8 Å². The van der Waals surface area contributed by atoms with Gasteiger partial charge in [-0.25, -0.2) is 8.42 Å². The highest BCUT2D eigenvalue weighted by atomic mass is 32.2. The first-order valence-corrected chi connectivity index (χ1v) is 9.98. The fourth-order valence-electron chi connectivity index (χ4n) is 2.46. The lowest BCUT2D eigenvalue weighted by Crippen LogP contribution is -2.31. The first-order valence-electron chi connectivity index (χ1n) is 7.27. The first kappa shape index (κ1) is 16.8. The Balaban J connectivity index is 1.86. The normalized spacial score (nSPS) is 14.5. The number of carbonyl (C=O) groups is 1. The van der Waals surface area contributed by atoms with E-state index in [4.69, 9.17) is 9.47 Å². The van der Waals surface area contributed by atoms with E-state index in [0.717, 1.165) is 28.9 Å². The summed E-state index contributed by atoms with van der Waals surface area (Å²) in [5, 5.41) is 0. The van der Waals surface area contributed by atoms with Crippen molar-refractivity contribution in [3.8, 4) is 11.5 Å². The zero-order chi connectivity index (χ0) is 17.3. The predicted molar refractivity (Wildman–Crippen MR) is 90.7 cm³/mol. The van der Waals surface area contributed by atoms with Crippen molar-refractivity contribution in [1.82, 2.24) is 4.90 Å². The third kappa shape index (κ3) is 3.39. The van der Waals surface area contributed by atoms with Gasteiger partial charge in [-0.1, -0.05) is 0 Å². The lowest BCUT2D eigenvalue weighted by molar-refractivity contribution is 0.0738. The number of ether oxygens (including phenoxy) is 2. The lowest BCUT2D eigenvalue weighted by atomic mass is 10.1. The van der Waals surface area contributed by atoms with Gasteiger partial charge < -0.3 is 14.4 Å². The Morgan fingerprint density at radius 1 is 1.29 bits per heavy atom. The molecule has 0 N–H and O–H groups in total. The summed E-state index contributed by atoms with van der Waals surface area (Å²) in [6.45, 7) is 1.20. The van der Waals surface area contributed by atoms with E-state index in [1.807, 2.05) is 18.2 Å². The zero-order valence-corrected chi connectivity index (χ0v) is 14.9. The van der Waals surface area contributed by atoms with Crippen LogP contribution in [-0.4, -0.2) is 45.7 Å². The highest BCUT2D eigenvalue weighted by Crippen LogP contribution is 2.29. The van der Waals surface area contributed by atoms with E-state index >= 15 is 0 Å². The number of fused-ring (bicyclic) bond motifs is 1. The molecule has 0 unspecified atom stereocenters. The number of rotatable bonds is 3. The zero-order valence-electron chi connectivity index (χ0n) is 13.3. The second-order valence-electron chi connectivity index (χ2n) is 5.44. The minimum atomic E-state index is -3.30. The molecule has 1 amide bonds. The molecule has 0 bridgehead atoms. The lowest BCUT2D eigenvalue weighted by Gasteiger charge is -2.19. The van der Waals surface area contributed by atoms with Gasteiger partial charge in [0, 0.05) is 18.4 Å². The topological polar surface area (TPSA) is 72.9 Å². The highest BCUT2D eigenvalue weighted by Gasteiger charge is 2.24. The van der Waals surface area contributed by atoms with Crippen molar-refractivity contribution in [3.05, 3.63) is 40.8 Å². The second-order valence-corrected chi connectivity index (χ2v) is 8.77. The molecule has 1 aromatic carbocycles. The Labute approximate surface area is 144 Å². The fraction of sp³-hybridized carbons (Fsp3) is 0.312. The van der Waals surface area contributed by atoms with Gasteiger partial charge in [0.25, 0.3) is 5.91 Å². The third-order valence-corrected chi connectivity index (χ3v) is 6.59. The molecule has 0 atom stereocenters. The molecule has 0 saturated carbocycles. The smallest absolute Gasteiger partial charge is 0.264 e. The number of nitrogens with zero attached hydrogens (tertiary/aromatic N) is 1. The van der Waals surface area contributed by atoms with Gasteiger partial charge in [-0.3, -0.25) is 4.79 Å². The summed E-state index contributed by atoms with van der Waals surface area (Å²) in [4.78, 5) is 14.8. The van der Waals surface area contributed by atoms with E-state index in [9.17, 15) is 13.2 Å². The van der Waals surface area contributed by atoms with Gasteiger partial charge in [0.15, 0.2) is 9.84 Å². The van der Waals surface area contributed by atoms with Crippen LogP contribution in [0.1, 0.15) is 15.2 Å². The number of sulfone groups is 1. The average Bonchev–Trinajstić information content (AvgIpc) is 2.95. The van der Waals surface area contributed by atoms with Crippen LogP contribution < -0.4 is 9.47 Å². The number of carbonyl (C=O) groups excluding carboxylic acids is 1. The summed E-state index contributed by atoms with van der Waals surface area (Å²) in [6, 6.07) is 8.51. The SMILES string of the molecule is COc1ccc2c(c1)CN(C(=O)c1ccc(S(C)(=O)=O)s1)CCO2. The van der Waals surface area contributed by atoms with Crippen LogP contribution in [0.15, 0.2) is 34.5 Å². The maximum atomic E-state index is 12.7. The van der Waals surface area contributed by atoms with Crippen molar-refractivity contribution in [2.24, 2.45) is 0 Å². The van der Waals surface area contributed by atoms with Crippen LogP contribution in [0.25, 0.3) is 0 Å². The molecular formula is C16H17NO5S2. The van der Waals surface area contributed by atoms with Crippen molar-refractivity contribution in [2.75, 3.05) is 26.5 Å². The Hall–Kier alpha value is -2.06. The summed E-state index contributed by atoms with van der Waals surface area (Å²) < 4.78 is 34.3. The quantitative estimate of drug-likeness (QED) is 0.831. The Bertz CT molecular complexity index is 872. The van der Waals surface area contributed by atoms with Crippen molar-refractivity contribution >= 4 is 27.1 Å². The molecule has 2 heterocycles.